The van der Waals surface area contributed by atoms with Crippen LogP contribution in [0.3, 0.4) is 0 Å². The molecule has 3 rings (SSSR count). The molecule has 124 valence electrons. The van der Waals surface area contributed by atoms with Gasteiger partial charge in [0.05, 0.1) is 31.6 Å². The minimum Gasteiger partial charge on any atom is -0.465 e. The number of amides is 1. The first-order valence-electron chi connectivity index (χ1n) is 7.94. The molecule has 1 unspecified atom stereocenters. The number of morpholine rings is 1. The number of nitrogens with one attached hydrogen (secondary N) is 1. The highest BCUT2D eigenvalue weighted by molar-refractivity contribution is 6.01. The summed E-state index contributed by atoms with van der Waals surface area (Å²) in [5, 5.41) is 2.74. The third-order valence-electron chi connectivity index (χ3n) is 4.53. The van der Waals surface area contributed by atoms with Gasteiger partial charge in [-0.1, -0.05) is 0 Å². The molecule has 0 aromatic heterocycles. The third kappa shape index (κ3) is 3.23. The highest BCUT2D eigenvalue weighted by atomic mass is 16.5. The minimum atomic E-state index is -0.427. The van der Waals surface area contributed by atoms with Crippen LogP contribution in [0.5, 0.6) is 0 Å². The number of benzene rings is 1. The lowest BCUT2D eigenvalue weighted by atomic mass is 10.0. The number of rotatable bonds is 3. The van der Waals surface area contributed by atoms with Gasteiger partial charge in [0.15, 0.2) is 0 Å². The fourth-order valence-corrected chi connectivity index (χ4v) is 3.48. The molecule has 23 heavy (non-hydrogen) atoms. The molecular formula is C17H22N2O4. The molecule has 0 spiro atoms. The van der Waals surface area contributed by atoms with Gasteiger partial charge in [0, 0.05) is 26.1 Å². The van der Waals surface area contributed by atoms with Gasteiger partial charge in [-0.25, -0.2) is 4.79 Å². The maximum absolute atomic E-state index is 12.1. The van der Waals surface area contributed by atoms with Crippen LogP contribution in [0.15, 0.2) is 12.1 Å². The van der Waals surface area contributed by atoms with Gasteiger partial charge in [-0.05, 0) is 36.1 Å². The molecule has 1 aromatic rings. The van der Waals surface area contributed by atoms with E-state index >= 15 is 0 Å². The molecule has 1 aromatic carbocycles. The van der Waals surface area contributed by atoms with Crippen LogP contribution in [0.4, 0.5) is 5.69 Å². The second-order valence-corrected chi connectivity index (χ2v) is 5.97. The quantitative estimate of drug-likeness (QED) is 0.860. The maximum atomic E-state index is 12.1. The zero-order valence-corrected chi connectivity index (χ0v) is 13.6. The van der Waals surface area contributed by atoms with Gasteiger partial charge >= 0.3 is 5.97 Å². The number of anilines is 1. The summed E-state index contributed by atoms with van der Waals surface area (Å²) in [6.45, 7) is 4.75. The van der Waals surface area contributed by atoms with Crippen molar-refractivity contribution in [2.45, 2.75) is 25.8 Å². The molecule has 1 heterocycles. The second-order valence-electron chi connectivity index (χ2n) is 5.97. The lowest BCUT2D eigenvalue weighted by molar-refractivity contribution is -0.114. The van der Waals surface area contributed by atoms with Crippen molar-refractivity contribution >= 4 is 17.6 Å². The molecule has 1 amide bonds. The maximum Gasteiger partial charge on any atom is 0.339 e. The van der Waals surface area contributed by atoms with Crippen LogP contribution in [0.25, 0.3) is 0 Å². The zero-order chi connectivity index (χ0) is 16.4. The predicted octanol–water partition coefficient (Wildman–Crippen LogP) is 1.75. The average molecular weight is 318 g/mol. The number of aryl methyl sites for hydroxylation is 1. The van der Waals surface area contributed by atoms with Crippen molar-refractivity contribution in [1.29, 1.82) is 0 Å². The van der Waals surface area contributed by atoms with Crippen molar-refractivity contribution in [3.63, 3.8) is 0 Å². The van der Waals surface area contributed by atoms with Crippen LogP contribution in [0, 0.1) is 0 Å². The number of carbonyl (C=O) groups excluding carboxylic acids is 2. The highest BCUT2D eigenvalue weighted by Gasteiger charge is 2.31. The average Bonchev–Trinajstić information content (AvgIpc) is 2.96. The Balaban J connectivity index is 1.96. The van der Waals surface area contributed by atoms with E-state index in [4.69, 9.17) is 9.47 Å². The third-order valence-corrected chi connectivity index (χ3v) is 4.53. The summed E-state index contributed by atoms with van der Waals surface area (Å²) in [6.07, 6.45) is 1.98. The van der Waals surface area contributed by atoms with Crippen molar-refractivity contribution in [2.75, 3.05) is 38.7 Å². The normalized spacial score (nSPS) is 20.9. The Bertz CT molecular complexity index is 623. The molecular weight excluding hydrogens is 296 g/mol. The largest absolute Gasteiger partial charge is 0.465 e. The molecule has 1 atom stereocenters. The monoisotopic (exact) mass is 318 g/mol. The smallest absolute Gasteiger partial charge is 0.339 e. The number of hydrogen-bond donors (Lipinski definition) is 1. The first-order chi connectivity index (χ1) is 11.1. The van der Waals surface area contributed by atoms with Crippen LogP contribution < -0.4 is 5.32 Å². The van der Waals surface area contributed by atoms with Crippen molar-refractivity contribution < 1.29 is 19.1 Å². The zero-order valence-electron chi connectivity index (χ0n) is 13.6. The Morgan fingerprint density at radius 2 is 2.04 bits per heavy atom. The molecule has 6 heteroatoms. The van der Waals surface area contributed by atoms with Crippen molar-refractivity contribution in [3.05, 3.63) is 28.8 Å². The Labute approximate surface area is 135 Å². The van der Waals surface area contributed by atoms with E-state index in [0.29, 0.717) is 17.3 Å². The van der Waals surface area contributed by atoms with E-state index < -0.39 is 5.97 Å². The summed E-state index contributed by atoms with van der Waals surface area (Å²) in [7, 11) is 1.35. The van der Waals surface area contributed by atoms with Gasteiger partial charge in [-0.3, -0.25) is 9.69 Å². The molecule has 1 aliphatic heterocycles. The SMILES string of the molecule is COC(=O)c1cc2c(cc1NC(C)=O)CCC2N1CCOCC1. The van der Waals surface area contributed by atoms with Crippen molar-refractivity contribution in [3.8, 4) is 0 Å². The van der Waals surface area contributed by atoms with E-state index in [1.54, 1.807) is 0 Å². The number of ether oxygens (including phenoxy) is 2. The summed E-state index contributed by atoms with van der Waals surface area (Å²) in [5.74, 6) is -0.623. The Morgan fingerprint density at radius 3 is 2.70 bits per heavy atom. The van der Waals surface area contributed by atoms with E-state index in [2.05, 4.69) is 10.2 Å². The fraction of sp³-hybridized carbons (Fsp3) is 0.529. The molecule has 0 saturated carbocycles. The number of fused-ring (bicyclic) bond motifs is 1. The molecule has 0 bridgehead atoms. The van der Waals surface area contributed by atoms with E-state index in [-0.39, 0.29) is 5.91 Å². The number of carbonyl (C=O) groups is 2. The van der Waals surface area contributed by atoms with Crippen LogP contribution in [-0.4, -0.2) is 50.2 Å². The number of nitrogens with zero attached hydrogens (tertiary/aromatic N) is 1. The lowest BCUT2D eigenvalue weighted by Gasteiger charge is -2.32. The van der Waals surface area contributed by atoms with Crippen molar-refractivity contribution in [2.24, 2.45) is 0 Å². The molecule has 1 aliphatic carbocycles. The standard InChI is InChI=1S/C17H22N2O4/c1-11(20)18-15-9-12-3-4-16(19-5-7-23-8-6-19)13(12)10-14(15)17(21)22-2/h9-10,16H,3-8H2,1-2H3,(H,18,20). The van der Waals surface area contributed by atoms with E-state index in [1.807, 2.05) is 12.1 Å². The van der Waals surface area contributed by atoms with Crippen molar-refractivity contribution in [1.82, 2.24) is 4.90 Å². The van der Waals surface area contributed by atoms with Crippen LogP contribution in [-0.2, 0) is 20.7 Å². The lowest BCUT2D eigenvalue weighted by Crippen LogP contribution is -2.38. The number of hydrogen-bond acceptors (Lipinski definition) is 5. The Morgan fingerprint density at radius 1 is 1.30 bits per heavy atom. The summed E-state index contributed by atoms with van der Waals surface area (Å²) in [5.41, 5.74) is 3.31. The highest BCUT2D eigenvalue weighted by Crippen LogP contribution is 2.39. The predicted molar refractivity (Wildman–Crippen MR) is 85.5 cm³/mol. The molecule has 1 saturated heterocycles. The van der Waals surface area contributed by atoms with E-state index in [9.17, 15) is 9.59 Å². The first kappa shape index (κ1) is 16.0. The summed E-state index contributed by atoms with van der Waals surface area (Å²) >= 11 is 0. The van der Waals surface area contributed by atoms with E-state index in [1.165, 1.54) is 25.2 Å². The molecule has 0 radical (unpaired) electrons. The van der Waals surface area contributed by atoms with Gasteiger partial charge in [-0.2, -0.15) is 0 Å². The van der Waals surface area contributed by atoms with Crippen LogP contribution >= 0.6 is 0 Å². The minimum absolute atomic E-state index is 0.196. The van der Waals surface area contributed by atoms with Crippen LogP contribution in [0.2, 0.25) is 0 Å². The molecule has 2 aliphatic rings. The summed E-state index contributed by atoms with van der Waals surface area (Å²) < 4.78 is 10.3. The van der Waals surface area contributed by atoms with Gasteiger partial charge in [-0.15, -0.1) is 0 Å². The fourth-order valence-electron chi connectivity index (χ4n) is 3.48. The molecule has 6 nitrogen and oxygen atoms in total. The van der Waals surface area contributed by atoms with Gasteiger partial charge in [0.1, 0.15) is 0 Å². The summed E-state index contributed by atoms with van der Waals surface area (Å²) in [6, 6.07) is 4.12. The van der Waals surface area contributed by atoms with Gasteiger partial charge < -0.3 is 14.8 Å². The molecule has 1 N–H and O–H groups in total. The van der Waals surface area contributed by atoms with E-state index in [0.717, 1.165) is 39.1 Å². The Hall–Kier alpha value is -1.92. The van der Waals surface area contributed by atoms with Crippen LogP contribution in [0.1, 0.15) is 40.9 Å². The first-order valence-corrected chi connectivity index (χ1v) is 7.94. The Kier molecular flexibility index (Phi) is 4.63. The topological polar surface area (TPSA) is 67.9 Å². The number of esters is 1. The van der Waals surface area contributed by atoms with Gasteiger partial charge in [0.2, 0.25) is 5.91 Å². The van der Waals surface area contributed by atoms with Gasteiger partial charge in [0.25, 0.3) is 0 Å². The number of methoxy groups -OCH3 is 1. The summed E-state index contributed by atoms with van der Waals surface area (Å²) in [4.78, 5) is 25.9. The second kappa shape index (κ2) is 6.68. The molecule has 1 fully saturated rings.